The van der Waals surface area contributed by atoms with Crippen LogP contribution in [0.3, 0.4) is 0 Å². The minimum atomic E-state index is -1.95. The number of hydrogen-bond acceptors (Lipinski definition) is 11. The molecule has 0 aromatic carbocycles. The Balaban J connectivity index is 2.76. The summed E-state index contributed by atoms with van der Waals surface area (Å²) in [7, 11) is 0. The van der Waals surface area contributed by atoms with E-state index in [0.717, 1.165) is 70.6 Å². The average molecular weight is 1100 g/mol. The van der Waals surface area contributed by atoms with Gasteiger partial charge >= 0.3 is 23.9 Å². The third-order valence-electron chi connectivity index (χ3n) is 13.1. The molecule has 0 amide bonds. The van der Waals surface area contributed by atoms with Crippen molar-refractivity contribution in [3.05, 3.63) is 122 Å². The van der Waals surface area contributed by atoms with E-state index in [2.05, 4.69) is 93.7 Å². The zero-order chi connectivity index (χ0) is 57.5. The fraction of sp³-hybridized carbons (Fsp3) is 0.642. The molecule has 1 aliphatic rings. The number of aliphatic hydroxyl groups excluding tert-OH is 2. The van der Waals surface area contributed by atoms with Crippen molar-refractivity contribution in [2.24, 2.45) is 0 Å². The second-order valence-corrected chi connectivity index (χ2v) is 20.3. The topological polar surface area (TPSA) is 175 Å². The number of allylic oxidation sites excluding steroid dienone is 18. The van der Waals surface area contributed by atoms with Crippen molar-refractivity contribution in [2.75, 3.05) is 13.2 Å². The largest absolute Gasteiger partial charge is 0.479 e. The van der Waals surface area contributed by atoms with Crippen LogP contribution >= 0.6 is 0 Å². The Labute approximate surface area is 478 Å². The molecule has 1 heterocycles. The lowest BCUT2D eigenvalue weighted by molar-refractivity contribution is -0.301. The van der Waals surface area contributed by atoms with Crippen LogP contribution in [0.15, 0.2) is 122 Å². The van der Waals surface area contributed by atoms with Crippen molar-refractivity contribution >= 4 is 23.9 Å². The summed E-state index contributed by atoms with van der Waals surface area (Å²) >= 11 is 0. The second-order valence-electron chi connectivity index (χ2n) is 20.3. The number of unbranched alkanes of at least 4 members (excludes halogenated alkanes) is 18. The van der Waals surface area contributed by atoms with Gasteiger partial charge in [0.1, 0.15) is 18.8 Å². The molecule has 6 atom stereocenters. The van der Waals surface area contributed by atoms with Gasteiger partial charge in [-0.2, -0.15) is 0 Å². The van der Waals surface area contributed by atoms with E-state index >= 15 is 0 Å². The number of aliphatic carboxylic acids is 1. The van der Waals surface area contributed by atoms with Gasteiger partial charge in [0.05, 0.1) is 19.4 Å². The van der Waals surface area contributed by atoms with Gasteiger partial charge in [0, 0.05) is 6.42 Å². The average Bonchev–Trinajstić information content (AvgIpc) is 3.46. The summed E-state index contributed by atoms with van der Waals surface area (Å²) < 4.78 is 28.2. The monoisotopic (exact) mass is 1100 g/mol. The predicted molar refractivity (Wildman–Crippen MR) is 321 cm³/mol. The number of carboxylic acid groups (broad SMARTS) is 1. The highest BCUT2D eigenvalue weighted by atomic mass is 16.7. The maximum atomic E-state index is 13.1. The lowest BCUT2D eigenvalue weighted by Crippen LogP contribution is -2.61. The molecule has 12 heteroatoms. The molecule has 0 bridgehead atoms. The first-order valence-corrected chi connectivity index (χ1v) is 30.5. The molecule has 12 nitrogen and oxygen atoms in total. The smallest absolute Gasteiger partial charge is 0.335 e. The maximum absolute atomic E-state index is 13.1. The van der Waals surface area contributed by atoms with Crippen LogP contribution in [0.5, 0.6) is 0 Å². The lowest BCUT2D eigenvalue weighted by Gasteiger charge is -2.40. The molecule has 0 aromatic heterocycles. The summed E-state index contributed by atoms with van der Waals surface area (Å²) in [6.45, 7) is 5.64. The van der Waals surface area contributed by atoms with Crippen molar-refractivity contribution < 1.29 is 58.2 Å². The Bertz CT molecular complexity index is 1840. The molecule has 0 saturated carbocycles. The van der Waals surface area contributed by atoms with E-state index in [1.165, 1.54) is 96.3 Å². The number of aliphatic hydroxyl groups is 2. The van der Waals surface area contributed by atoms with Gasteiger partial charge in [0.25, 0.3) is 0 Å². The van der Waals surface area contributed by atoms with Gasteiger partial charge < -0.3 is 39.0 Å². The number of rotatable bonds is 50. The van der Waals surface area contributed by atoms with Crippen LogP contribution in [0, 0.1) is 0 Å². The van der Waals surface area contributed by atoms with Crippen molar-refractivity contribution in [2.45, 2.75) is 263 Å². The lowest BCUT2D eigenvalue weighted by atomic mass is 9.98. The minimum absolute atomic E-state index is 0.0840. The summed E-state index contributed by atoms with van der Waals surface area (Å²) in [4.78, 5) is 51.1. The zero-order valence-corrected chi connectivity index (χ0v) is 49.1. The summed E-state index contributed by atoms with van der Waals surface area (Å²) in [5.74, 6) is -3.46. The third-order valence-corrected chi connectivity index (χ3v) is 13.1. The van der Waals surface area contributed by atoms with Gasteiger partial charge in [-0.3, -0.25) is 14.4 Å². The Morgan fingerprint density at radius 2 is 0.785 bits per heavy atom. The highest BCUT2D eigenvalue weighted by Gasteiger charge is 2.50. The summed E-state index contributed by atoms with van der Waals surface area (Å²) in [6, 6.07) is 0. The minimum Gasteiger partial charge on any atom is -0.479 e. The predicted octanol–water partition coefficient (Wildman–Crippen LogP) is 16.0. The molecule has 0 radical (unpaired) electrons. The third kappa shape index (κ3) is 43.6. The first-order valence-electron chi connectivity index (χ1n) is 30.5. The standard InChI is InChI=1S/C67H106O12/c1-4-7-10-13-16-19-22-25-28-29-30-31-34-35-38-41-44-47-50-53-59(68)75-56-58(77-60(69)54-51-48-45-42-39-36-32-26-23-20-17-14-11-8-5-2)57-76-67-65(63(72)62(71)64(79-67)66(73)74)78-61(70)55-52-49-46-43-40-37-33-27-24-21-18-15-12-9-6-3/h8-9,11-12,17-18,20-21,26-27,32-33,39-40,42-43,48-49,51-52,58,62-65,67,71-72H,4-7,10,13-16,19,22-25,28-31,34-38,41,44-47,50,53-57H2,1-3H3,(H,73,74)/b11-8-,12-9-,20-17-,21-18-,32-26-,33-27-,42-39-,43-40-,51-48-,52-49-. The van der Waals surface area contributed by atoms with E-state index in [1.54, 1.807) is 18.2 Å². The van der Waals surface area contributed by atoms with Crippen molar-refractivity contribution in [1.29, 1.82) is 0 Å². The fourth-order valence-corrected chi connectivity index (χ4v) is 8.52. The summed E-state index contributed by atoms with van der Waals surface area (Å²) in [5.41, 5.74) is 0. The van der Waals surface area contributed by atoms with Crippen molar-refractivity contribution in [3.8, 4) is 0 Å². The van der Waals surface area contributed by atoms with Crippen LogP contribution < -0.4 is 0 Å². The molecule has 0 spiro atoms. The number of esters is 3. The number of carbonyl (C=O) groups excluding carboxylic acids is 3. The molecule has 1 saturated heterocycles. The SMILES string of the molecule is CC/C=C\C/C=C\C/C=C\C/C=C\C/C=C\CC(=O)OC(COC(=O)CCCCCCCCCCCCCCCCCCCCC)COC1OC(C(=O)O)C(O)C(O)C1OC(=O)C/C=C\C/C=C\C/C=C\C/C=C\C/C=C\CC. The second kappa shape index (κ2) is 53.7. The van der Waals surface area contributed by atoms with E-state index in [4.69, 9.17) is 23.7 Å². The number of hydrogen-bond donors (Lipinski definition) is 3. The highest BCUT2D eigenvalue weighted by molar-refractivity contribution is 5.74. The van der Waals surface area contributed by atoms with Gasteiger partial charge in [-0.05, 0) is 70.6 Å². The normalized spacial score (nSPS) is 18.7. The molecule has 79 heavy (non-hydrogen) atoms. The molecule has 1 fully saturated rings. The summed E-state index contributed by atoms with van der Waals surface area (Å²) in [5, 5.41) is 31.4. The molecule has 0 aliphatic carbocycles. The fourth-order valence-electron chi connectivity index (χ4n) is 8.52. The first kappa shape index (κ1) is 72.1. The van der Waals surface area contributed by atoms with Crippen LogP contribution in [0.25, 0.3) is 0 Å². The van der Waals surface area contributed by atoms with Gasteiger partial charge in [-0.25, -0.2) is 4.79 Å². The van der Waals surface area contributed by atoms with E-state index in [0.29, 0.717) is 19.3 Å². The van der Waals surface area contributed by atoms with Crippen LogP contribution in [-0.4, -0.2) is 89.2 Å². The van der Waals surface area contributed by atoms with Crippen LogP contribution in [0.4, 0.5) is 0 Å². The maximum Gasteiger partial charge on any atom is 0.335 e. The Kier molecular flexibility index (Phi) is 49.1. The number of ether oxygens (including phenoxy) is 5. The highest BCUT2D eigenvalue weighted by Crippen LogP contribution is 2.26. The van der Waals surface area contributed by atoms with Gasteiger partial charge in [-0.1, -0.05) is 258 Å². The van der Waals surface area contributed by atoms with Crippen LogP contribution in [0.1, 0.15) is 226 Å². The molecule has 6 unspecified atom stereocenters. The molecule has 3 N–H and O–H groups in total. The molecule has 1 aliphatic heterocycles. The van der Waals surface area contributed by atoms with E-state index in [1.807, 2.05) is 30.4 Å². The number of carboxylic acids is 1. The van der Waals surface area contributed by atoms with E-state index < -0.39 is 67.3 Å². The van der Waals surface area contributed by atoms with E-state index in [9.17, 15) is 34.5 Å². The van der Waals surface area contributed by atoms with Gasteiger partial charge in [0.2, 0.25) is 0 Å². The quantitative estimate of drug-likeness (QED) is 0.0228. The Hall–Kier alpha value is -4.88. The van der Waals surface area contributed by atoms with Gasteiger partial charge in [0.15, 0.2) is 24.6 Å². The Morgan fingerprint density at radius 1 is 0.430 bits per heavy atom. The summed E-state index contributed by atoms with van der Waals surface area (Å²) in [6.07, 6.45) is 62.3. The number of carbonyl (C=O) groups is 4. The molecule has 1 rings (SSSR count). The molecule has 446 valence electrons. The molecule has 0 aromatic rings. The molecular weight excluding hydrogens is 997 g/mol. The van der Waals surface area contributed by atoms with Crippen molar-refractivity contribution in [3.63, 3.8) is 0 Å². The van der Waals surface area contributed by atoms with Crippen LogP contribution in [-0.2, 0) is 42.9 Å². The molecular formula is C67H106O12. The van der Waals surface area contributed by atoms with Gasteiger partial charge in [-0.15, -0.1) is 0 Å². The Morgan fingerprint density at radius 3 is 1.16 bits per heavy atom. The zero-order valence-electron chi connectivity index (χ0n) is 49.1. The van der Waals surface area contributed by atoms with E-state index in [-0.39, 0.29) is 25.9 Å². The van der Waals surface area contributed by atoms with Crippen molar-refractivity contribution in [1.82, 2.24) is 0 Å². The first-order chi connectivity index (χ1) is 38.6. The van der Waals surface area contributed by atoms with Crippen LogP contribution in [0.2, 0.25) is 0 Å².